The highest BCUT2D eigenvalue weighted by Crippen LogP contribution is 2.25. The molecule has 5 heteroatoms. The fourth-order valence-corrected chi connectivity index (χ4v) is 1.67. The number of carbonyl (C=O) groups is 2. The van der Waals surface area contributed by atoms with E-state index in [2.05, 4.69) is 5.32 Å². The Morgan fingerprint density at radius 2 is 1.89 bits per heavy atom. The number of hydrogen-bond donors (Lipinski definition) is 2. The maximum absolute atomic E-state index is 11.1. The van der Waals surface area contributed by atoms with Crippen molar-refractivity contribution in [1.82, 2.24) is 0 Å². The highest BCUT2D eigenvalue weighted by molar-refractivity contribution is 6.36. The Kier molecular flexibility index (Phi) is 2.94. The maximum atomic E-state index is 11.1. The van der Waals surface area contributed by atoms with Gasteiger partial charge in [0.15, 0.2) is 0 Å². The number of benzene rings is 2. The van der Waals surface area contributed by atoms with Crippen LogP contribution >= 0.6 is 0 Å². The van der Waals surface area contributed by atoms with Crippen molar-refractivity contribution in [2.75, 3.05) is 5.32 Å². The quantitative estimate of drug-likeness (QED) is 0.743. The fraction of sp³-hybridized carbons (Fsp3) is 0. The molecule has 2 aromatic carbocycles. The topological polar surface area (TPSA) is 90.2 Å². The summed E-state index contributed by atoms with van der Waals surface area (Å²) >= 11 is 0. The zero-order valence-electron chi connectivity index (χ0n) is 9.18. The molecule has 0 aliphatic rings. The van der Waals surface area contributed by atoms with E-state index in [1.165, 1.54) is 6.07 Å². The highest BCUT2D eigenvalue weighted by atomic mass is 16.4. The average molecular weight is 240 g/mol. The minimum atomic E-state index is -1.59. The summed E-state index contributed by atoms with van der Waals surface area (Å²) in [4.78, 5) is 21.6. The molecule has 88 valence electrons. The Labute approximate surface area is 102 Å². The van der Waals surface area contributed by atoms with E-state index >= 15 is 0 Å². The molecule has 0 atom stereocenters. The van der Waals surface area contributed by atoms with Crippen molar-refractivity contribution < 1.29 is 14.7 Å². The van der Waals surface area contributed by atoms with Gasteiger partial charge in [0, 0.05) is 5.39 Å². The molecule has 0 bridgehead atoms. The van der Waals surface area contributed by atoms with Crippen LogP contribution in [0.25, 0.3) is 10.8 Å². The largest absolute Gasteiger partial charge is 0.474 e. The molecule has 0 radical (unpaired) electrons. The first-order valence-electron chi connectivity index (χ1n) is 5.09. The number of nitriles is 1. The highest BCUT2D eigenvalue weighted by Gasteiger charge is 2.14. The predicted octanol–water partition coefficient (Wildman–Crippen LogP) is 1.73. The summed E-state index contributed by atoms with van der Waals surface area (Å²) in [5, 5.41) is 21.4. The van der Waals surface area contributed by atoms with Gasteiger partial charge in [0.1, 0.15) is 6.07 Å². The monoisotopic (exact) mass is 240 g/mol. The van der Waals surface area contributed by atoms with Gasteiger partial charge in [-0.1, -0.05) is 30.3 Å². The third kappa shape index (κ3) is 1.99. The van der Waals surface area contributed by atoms with E-state index < -0.39 is 11.9 Å². The maximum Gasteiger partial charge on any atom is 0.394 e. The van der Waals surface area contributed by atoms with Crippen molar-refractivity contribution in [1.29, 1.82) is 5.26 Å². The van der Waals surface area contributed by atoms with Gasteiger partial charge in [0.2, 0.25) is 0 Å². The first-order chi connectivity index (χ1) is 8.63. The lowest BCUT2D eigenvalue weighted by molar-refractivity contribution is -0.147. The molecule has 1 amide bonds. The first kappa shape index (κ1) is 11.6. The smallest absolute Gasteiger partial charge is 0.394 e. The minimum Gasteiger partial charge on any atom is -0.474 e. The SMILES string of the molecule is N#Cc1c(NC(=O)C(=O)O)ccc2ccccc12. The second kappa shape index (κ2) is 4.55. The van der Waals surface area contributed by atoms with Gasteiger partial charge < -0.3 is 10.4 Å². The lowest BCUT2D eigenvalue weighted by atomic mass is 10.0. The molecule has 0 aromatic heterocycles. The van der Waals surface area contributed by atoms with E-state index in [-0.39, 0.29) is 11.3 Å². The molecule has 2 N–H and O–H groups in total. The van der Waals surface area contributed by atoms with Gasteiger partial charge >= 0.3 is 11.9 Å². The number of carboxylic acids is 1. The summed E-state index contributed by atoms with van der Waals surface area (Å²) in [6.07, 6.45) is 0. The van der Waals surface area contributed by atoms with Gasteiger partial charge in [-0.2, -0.15) is 5.26 Å². The number of aliphatic carboxylic acids is 1. The molecular formula is C13H8N2O3. The van der Waals surface area contributed by atoms with E-state index in [9.17, 15) is 9.59 Å². The number of carboxylic acid groups (broad SMARTS) is 1. The predicted molar refractivity (Wildman–Crippen MR) is 64.9 cm³/mol. The number of nitrogens with zero attached hydrogens (tertiary/aromatic N) is 1. The first-order valence-corrected chi connectivity index (χ1v) is 5.09. The molecule has 0 unspecified atom stereocenters. The molecule has 2 rings (SSSR count). The molecule has 0 saturated carbocycles. The number of amides is 1. The number of nitrogens with one attached hydrogen (secondary N) is 1. The van der Waals surface area contributed by atoms with Gasteiger partial charge in [-0.15, -0.1) is 0 Å². The molecule has 0 saturated heterocycles. The normalized spacial score (nSPS) is 9.72. The summed E-state index contributed by atoms with van der Waals surface area (Å²) in [5.74, 6) is -2.76. The second-order valence-corrected chi connectivity index (χ2v) is 3.58. The number of fused-ring (bicyclic) bond motifs is 1. The van der Waals surface area contributed by atoms with Crippen molar-refractivity contribution >= 4 is 28.3 Å². The van der Waals surface area contributed by atoms with Crippen LogP contribution in [0.15, 0.2) is 36.4 Å². The van der Waals surface area contributed by atoms with Crippen LogP contribution in [-0.2, 0) is 9.59 Å². The molecular weight excluding hydrogens is 232 g/mol. The standard InChI is InChI=1S/C13H8N2O3/c14-7-10-9-4-2-1-3-8(9)5-6-11(10)15-12(16)13(17)18/h1-6H,(H,15,16)(H,17,18). The van der Waals surface area contributed by atoms with Crippen molar-refractivity contribution in [3.05, 3.63) is 42.0 Å². The molecule has 5 nitrogen and oxygen atoms in total. The third-order valence-corrected chi connectivity index (χ3v) is 2.48. The number of anilines is 1. The fourth-order valence-electron chi connectivity index (χ4n) is 1.67. The third-order valence-electron chi connectivity index (χ3n) is 2.48. The molecule has 0 aliphatic carbocycles. The molecule has 0 fully saturated rings. The van der Waals surface area contributed by atoms with Crippen LogP contribution in [0.2, 0.25) is 0 Å². The van der Waals surface area contributed by atoms with Gasteiger partial charge in [-0.3, -0.25) is 4.79 Å². The van der Waals surface area contributed by atoms with Crippen LogP contribution in [0.4, 0.5) is 5.69 Å². The van der Waals surface area contributed by atoms with E-state index in [4.69, 9.17) is 10.4 Å². The van der Waals surface area contributed by atoms with Crippen molar-refractivity contribution in [3.63, 3.8) is 0 Å². The summed E-state index contributed by atoms with van der Waals surface area (Å²) in [5.41, 5.74) is 0.450. The van der Waals surface area contributed by atoms with Crippen LogP contribution < -0.4 is 5.32 Å². The van der Waals surface area contributed by atoms with Crippen LogP contribution in [0.5, 0.6) is 0 Å². The second-order valence-electron chi connectivity index (χ2n) is 3.58. The molecule has 0 spiro atoms. The molecule has 18 heavy (non-hydrogen) atoms. The van der Waals surface area contributed by atoms with E-state index in [0.717, 1.165) is 5.39 Å². The zero-order chi connectivity index (χ0) is 13.1. The zero-order valence-corrected chi connectivity index (χ0v) is 9.18. The lowest BCUT2D eigenvalue weighted by Crippen LogP contribution is -2.22. The van der Waals surface area contributed by atoms with Crippen molar-refractivity contribution in [3.8, 4) is 6.07 Å². The van der Waals surface area contributed by atoms with E-state index in [1.807, 2.05) is 18.2 Å². The number of hydrogen-bond acceptors (Lipinski definition) is 3. The Hall–Kier alpha value is -2.87. The van der Waals surface area contributed by atoms with Crippen LogP contribution in [0.1, 0.15) is 5.56 Å². The Bertz CT molecular complexity index is 686. The van der Waals surface area contributed by atoms with Gasteiger partial charge in [0.05, 0.1) is 11.3 Å². The van der Waals surface area contributed by atoms with Crippen molar-refractivity contribution in [2.24, 2.45) is 0 Å². The minimum absolute atomic E-state index is 0.198. The van der Waals surface area contributed by atoms with Crippen LogP contribution in [0.3, 0.4) is 0 Å². The summed E-state index contributed by atoms with van der Waals surface area (Å²) in [6, 6.07) is 12.4. The molecule has 2 aromatic rings. The van der Waals surface area contributed by atoms with E-state index in [0.29, 0.717) is 5.39 Å². The Morgan fingerprint density at radius 3 is 2.56 bits per heavy atom. The number of rotatable bonds is 1. The number of carbonyl (C=O) groups excluding carboxylic acids is 1. The summed E-state index contributed by atoms with van der Waals surface area (Å²) < 4.78 is 0. The van der Waals surface area contributed by atoms with Crippen LogP contribution in [-0.4, -0.2) is 17.0 Å². The lowest BCUT2D eigenvalue weighted by Gasteiger charge is -2.07. The van der Waals surface area contributed by atoms with Gasteiger partial charge in [0.25, 0.3) is 0 Å². The molecule has 0 aliphatic heterocycles. The van der Waals surface area contributed by atoms with Crippen LogP contribution in [0, 0.1) is 11.3 Å². The summed E-state index contributed by atoms with van der Waals surface area (Å²) in [6.45, 7) is 0. The summed E-state index contributed by atoms with van der Waals surface area (Å²) in [7, 11) is 0. The Morgan fingerprint density at radius 1 is 1.17 bits per heavy atom. The Balaban J connectivity index is 2.56. The average Bonchev–Trinajstić information content (AvgIpc) is 2.38. The van der Waals surface area contributed by atoms with Gasteiger partial charge in [-0.05, 0) is 11.5 Å². The van der Waals surface area contributed by atoms with E-state index in [1.54, 1.807) is 18.2 Å². The van der Waals surface area contributed by atoms with Gasteiger partial charge in [-0.25, -0.2) is 4.79 Å². The molecule has 0 heterocycles. The van der Waals surface area contributed by atoms with Crippen molar-refractivity contribution in [2.45, 2.75) is 0 Å².